The molecule has 0 N–H and O–H groups in total. The zero-order chi connectivity index (χ0) is 5.41. The first kappa shape index (κ1) is 10.6. The van der Waals surface area contributed by atoms with E-state index in [-0.39, 0.29) is 0 Å². The van der Waals surface area contributed by atoms with Gasteiger partial charge in [0.1, 0.15) is 0 Å². The van der Waals surface area contributed by atoms with Crippen LogP contribution in [-0.2, 0) is 19.5 Å². The van der Waals surface area contributed by atoms with Gasteiger partial charge in [0.15, 0.2) is 0 Å². The van der Waals surface area contributed by atoms with Crippen molar-refractivity contribution in [2.75, 3.05) is 0 Å². The summed E-state index contributed by atoms with van der Waals surface area (Å²) >= 11 is 9.76. The molecule has 6 heavy (non-hydrogen) atoms. The summed E-state index contributed by atoms with van der Waals surface area (Å²) in [6.45, 7) is 0. The molecule has 0 aromatic heterocycles. The maximum atomic E-state index is 7.94. The van der Waals surface area contributed by atoms with Gasteiger partial charge in [0.25, 0.3) is 0 Å². The molecule has 0 aliphatic heterocycles. The van der Waals surface area contributed by atoms with Crippen LogP contribution in [0.1, 0.15) is 0 Å². The van der Waals surface area contributed by atoms with Crippen molar-refractivity contribution in [2.24, 2.45) is 0 Å². The molecule has 0 amide bonds. The summed E-state index contributed by atoms with van der Waals surface area (Å²) in [7, 11) is 2.66. The quantitative estimate of drug-likeness (QED) is 0.503. The fraction of sp³-hybridized carbons (Fsp3) is 0. The Bertz CT molecular complexity index is 15.0. The summed E-state index contributed by atoms with van der Waals surface area (Å²) in [5.74, 6) is 0. The van der Waals surface area contributed by atoms with Crippen LogP contribution in [0.15, 0.2) is 0 Å². The molecule has 6 heteroatoms. The molecular formula is H2CoOS4. The molecule has 0 heterocycles. The van der Waals surface area contributed by atoms with Gasteiger partial charge >= 0.3 is 19.5 Å². The van der Waals surface area contributed by atoms with Crippen LogP contribution in [0.2, 0.25) is 0 Å². The van der Waals surface area contributed by atoms with Crippen molar-refractivity contribution in [3.05, 3.63) is 0 Å². The Morgan fingerprint density at radius 3 is 1.33 bits per heavy atom. The van der Waals surface area contributed by atoms with Crippen LogP contribution >= 0.6 is 43.0 Å². The Morgan fingerprint density at radius 2 is 1.33 bits per heavy atom. The van der Waals surface area contributed by atoms with Crippen molar-refractivity contribution in [3.8, 4) is 0 Å². The third-order valence-corrected chi connectivity index (χ3v) is 2.70. The van der Waals surface area contributed by atoms with Gasteiger partial charge in [-0.3, -0.25) is 0 Å². The number of hydrogen-bond donors (Lipinski definition) is 2. The Labute approximate surface area is 62.2 Å². The van der Waals surface area contributed by atoms with Crippen LogP contribution in [0.25, 0.3) is 0 Å². The maximum absolute atomic E-state index is 7.94. The van der Waals surface area contributed by atoms with Crippen molar-refractivity contribution in [2.45, 2.75) is 0 Å². The van der Waals surface area contributed by atoms with E-state index in [9.17, 15) is 0 Å². The summed E-state index contributed by atoms with van der Waals surface area (Å²) in [5, 5.41) is 0. The van der Waals surface area contributed by atoms with Gasteiger partial charge in [-0.05, 0) is 19.7 Å². The number of rotatable bonds is 1. The summed E-state index contributed by atoms with van der Waals surface area (Å²) in [6, 6.07) is 0. The molecule has 0 rings (SSSR count). The van der Waals surface area contributed by atoms with E-state index in [1.165, 1.54) is 19.7 Å². The van der Waals surface area contributed by atoms with E-state index in [1.54, 1.807) is 0 Å². The van der Waals surface area contributed by atoms with Crippen molar-refractivity contribution in [1.82, 2.24) is 0 Å². The SMILES string of the molecule is SSSS.[O]=[Co]. The van der Waals surface area contributed by atoms with Crippen LogP contribution in [0.4, 0.5) is 0 Å². The van der Waals surface area contributed by atoms with E-state index in [1.807, 2.05) is 0 Å². The van der Waals surface area contributed by atoms with E-state index in [2.05, 4.69) is 39.0 Å². The molecular weight excluding hydrogens is 203 g/mol. The van der Waals surface area contributed by atoms with Gasteiger partial charge in [0, 0.05) is 0 Å². The summed E-state index contributed by atoms with van der Waals surface area (Å²) in [4.78, 5) is 0. The van der Waals surface area contributed by atoms with Gasteiger partial charge in [0.2, 0.25) is 0 Å². The molecule has 0 radical (unpaired) electrons. The summed E-state index contributed by atoms with van der Waals surface area (Å²) in [5.41, 5.74) is 0. The third kappa shape index (κ3) is 17.3. The summed E-state index contributed by atoms with van der Waals surface area (Å²) in [6.07, 6.45) is 0. The fourth-order valence-electron chi connectivity index (χ4n) is 0. The molecule has 0 aromatic rings. The Hall–Kier alpha value is 1.71. The molecule has 0 saturated heterocycles. The Kier molecular flexibility index (Phi) is 28.2. The molecule has 0 aromatic carbocycles. The zero-order valence-corrected chi connectivity index (χ0v) is 6.92. The van der Waals surface area contributed by atoms with E-state index in [0.29, 0.717) is 0 Å². The van der Waals surface area contributed by atoms with E-state index >= 15 is 0 Å². The standard InChI is InChI=1S/Co.O.H2S4/c;;1-3-4-2/h;;1-2H. The molecule has 0 aliphatic carbocycles. The van der Waals surface area contributed by atoms with Gasteiger partial charge in [-0.15, -0.1) is 0 Å². The minimum absolute atomic E-state index is 1.33. The zero-order valence-electron chi connectivity index (χ0n) is 2.45. The second-order valence-corrected chi connectivity index (χ2v) is 4.02. The normalized spacial score (nSPS) is 5.83. The van der Waals surface area contributed by atoms with Gasteiger partial charge in [0.05, 0.1) is 0 Å². The molecule has 0 atom stereocenters. The summed E-state index contributed by atoms with van der Waals surface area (Å²) < 4.78 is 7.94. The van der Waals surface area contributed by atoms with Crippen LogP contribution in [-0.4, -0.2) is 0 Å². The van der Waals surface area contributed by atoms with Crippen molar-refractivity contribution in [3.63, 3.8) is 0 Å². The first-order chi connectivity index (χ1) is 2.91. The van der Waals surface area contributed by atoms with Crippen LogP contribution < -0.4 is 0 Å². The second kappa shape index (κ2) is 15.9. The van der Waals surface area contributed by atoms with Crippen molar-refractivity contribution < 1.29 is 19.5 Å². The van der Waals surface area contributed by atoms with Crippen LogP contribution in [0, 0.1) is 0 Å². The van der Waals surface area contributed by atoms with Crippen LogP contribution in [0.5, 0.6) is 0 Å². The average Bonchev–Trinajstić information content (AvgIpc) is 1.72. The van der Waals surface area contributed by atoms with E-state index in [0.717, 1.165) is 0 Å². The van der Waals surface area contributed by atoms with Gasteiger partial charge in [-0.1, -0.05) is 23.3 Å². The topological polar surface area (TPSA) is 17.1 Å². The monoisotopic (exact) mass is 205 g/mol. The third-order valence-electron chi connectivity index (χ3n) is 0.0333. The molecule has 0 aliphatic rings. The predicted octanol–water partition coefficient (Wildman–Crippen LogP) is 1.94. The predicted molar refractivity (Wildman–Crippen MR) is 33.8 cm³/mol. The number of thiol groups is 2. The fourth-order valence-corrected chi connectivity index (χ4v) is 0. The van der Waals surface area contributed by atoms with Gasteiger partial charge in [-0.2, -0.15) is 0 Å². The molecule has 0 spiro atoms. The van der Waals surface area contributed by atoms with Crippen molar-refractivity contribution in [1.29, 1.82) is 0 Å². The molecule has 0 fully saturated rings. The average molecular weight is 205 g/mol. The van der Waals surface area contributed by atoms with Crippen molar-refractivity contribution >= 4 is 43.0 Å². The van der Waals surface area contributed by atoms with Gasteiger partial charge < -0.3 is 0 Å². The molecule has 0 saturated carbocycles. The Balaban J connectivity index is 0. The molecule has 41 valence electrons. The van der Waals surface area contributed by atoms with E-state index in [4.69, 9.17) is 3.87 Å². The molecule has 0 bridgehead atoms. The number of hydrogen-bond acceptors (Lipinski definition) is 5. The molecule has 0 unspecified atom stereocenters. The van der Waals surface area contributed by atoms with Crippen LogP contribution in [0.3, 0.4) is 0 Å². The first-order valence-corrected chi connectivity index (χ1v) is 5.35. The Morgan fingerprint density at radius 1 is 1.17 bits per heavy atom. The minimum atomic E-state index is 1.33. The first-order valence-electron chi connectivity index (χ1n) is 0.668. The second-order valence-electron chi connectivity index (χ2n) is 0.149. The van der Waals surface area contributed by atoms with Gasteiger partial charge in [-0.25, -0.2) is 0 Å². The molecule has 1 nitrogen and oxygen atoms in total. The van der Waals surface area contributed by atoms with E-state index < -0.39 is 0 Å².